The zero-order valence-corrected chi connectivity index (χ0v) is 12.3. The van der Waals surface area contributed by atoms with E-state index in [0.717, 1.165) is 32.6 Å². The molecule has 0 amide bonds. The van der Waals surface area contributed by atoms with Crippen LogP contribution in [0.3, 0.4) is 0 Å². The number of hydrogen-bond acceptors (Lipinski definition) is 2. The molecule has 1 aromatic rings. The van der Waals surface area contributed by atoms with Gasteiger partial charge in [0.2, 0.25) is 0 Å². The molecule has 0 aromatic heterocycles. The highest BCUT2D eigenvalue weighted by Crippen LogP contribution is 2.27. The first-order valence-electron chi connectivity index (χ1n) is 7.34. The van der Waals surface area contributed by atoms with Gasteiger partial charge in [-0.3, -0.25) is 4.90 Å². The van der Waals surface area contributed by atoms with E-state index >= 15 is 0 Å². The number of nitrogens with one attached hydrogen (secondary N) is 1. The lowest BCUT2D eigenvalue weighted by Crippen LogP contribution is -2.45. The van der Waals surface area contributed by atoms with E-state index in [-0.39, 0.29) is 0 Å². The van der Waals surface area contributed by atoms with Gasteiger partial charge in [-0.2, -0.15) is 0 Å². The molecule has 2 rings (SSSR count). The Balaban J connectivity index is 2.21. The summed E-state index contributed by atoms with van der Waals surface area (Å²) in [7, 11) is 0. The van der Waals surface area contributed by atoms with Crippen molar-refractivity contribution in [3.8, 4) is 0 Å². The molecule has 104 valence electrons. The van der Waals surface area contributed by atoms with Crippen molar-refractivity contribution in [2.45, 2.75) is 32.7 Å². The molecule has 0 unspecified atom stereocenters. The molecule has 1 atom stereocenters. The Bertz CT molecular complexity index is 399. The van der Waals surface area contributed by atoms with E-state index in [9.17, 15) is 0 Å². The van der Waals surface area contributed by atoms with Crippen LogP contribution in [0.4, 0.5) is 0 Å². The van der Waals surface area contributed by atoms with Crippen LogP contribution in [0.25, 0.3) is 0 Å². The lowest BCUT2D eigenvalue weighted by atomic mass is 9.96. The third-order valence-electron chi connectivity index (χ3n) is 3.87. The standard InChI is InChI=1S/C17H26N2/c1-4-5-6-17(19-9-7-18-8-10-19)16-12-14(2)11-15(3)13-16/h4,11-13,17-18H,1,5-10H2,2-3H3/t17-/m1/s1. The van der Waals surface area contributed by atoms with E-state index < -0.39 is 0 Å². The summed E-state index contributed by atoms with van der Waals surface area (Å²) in [6.07, 6.45) is 4.30. The minimum absolute atomic E-state index is 0.540. The molecule has 0 bridgehead atoms. The largest absolute Gasteiger partial charge is 0.314 e. The van der Waals surface area contributed by atoms with E-state index in [1.165, 1.54) is 23.1 Å². The molecule has 0 spiro atoms. The fourth-order valence-corrected chi connectivity index (χ4v) is 3.03. The summed E-state index contributed by atoms with van der Waals surface area (Å²) in [5.74, 6) is 0. The summed E-state index contributed by atoms with van der Waals surface area (Å²) in [4.78, 5) is 2.62. The Morgan fingerprint density at radius 1 is 1.21 bits per heavy atom. The molecule has 1 N–H and O–H groups in total. The van der Waals surface area contributed by atoms with Crippen LogP contribution in [0.15, 0.2) is 30.9 Å². The second kappa shape index (κ2) is 6.88. The average Bonchev–Trinajstić information content (AvgIpc) is 2.39. The molecule has 0 saturated carbocycles. The van der Waals surface area contributed by atoms with Gasteiger partial charge in [0.15, 0.2) is 0 Å². The Kier molecular flexibility index (Phi) is 5.17. The van der Waals surface area contributed by atoms with Crippen LogP contribution in [0, 0.1) is 13.8 Å². The number of nitrogens with zero attached hydrogens (tertiary/aromatic N) is 1. The molecule has 2 nitrogen and oxygen atoms in total. The molecule has 1 aliphatic rings. The Morgan fingerprint density at radius 2 is 1.84 bits per heavy atom. The summed E-state index contributed by atoms with van der Waals surface area (Å²) in [5, 5.41) is 3.44. The lowest BCUT2D eigenvalue weighted by molar-refractivity contribution is 0.166. The molecule has 1 fully saturated rings. The fourth-order valence-electron chi connectivity index (χ4n) is 3.03. The highest BCUT2D eigenvalue weighted by Gasteiger charge is 2.21. The van der Waals surface area contributed by atoms with Crippen LogP contribution < -0.4 is 5.32 Å². The van der Waals surface area contributed by atoms with E-state index in [0.29, 0.717) is 6.04 Å². The summed E-state index contributed by atoms with van der Waals surface area (Å²) in [5.41, 5.74) is 4.21. The maximum atomic E-state index is 3.88. The van der Waals surface area contributed by atoms with Crippen LogP contribution in [-0.2, 0) is 0 Å². The van der Waals surface area contributed by atoms with Gasteiger partial charge in [0.1, 0.15) is 0 Å². The van der Waals surface area contributed by atoms with Crippen LogP contribution in [0.2, 0.25) is 0 Å². The van der Waals surface area contributed by atoms with Crippen molar-refractivity contribution in [3.05, 3.63) is 47.5 Å². The van der Waals surface area contributed by atoms with Crippen molar-refractivity contribution < 1.29 is 0 Å². The van der Waals surface area contributed by atoms with Gasteiger partial charge in [-0.05, 0) is 32.3 Å². The molecule has 1 saturated heterocycles. The first kappa shape index (κ1) is 14.3. The van der Waals surface area contributed by atoms with E-state index in [1.807, 2.05) is 6.08 Å². The molecule has 19 heavy (non-hydrogen) atoms. The molecular formula is C17H26N2. The molecule has 0 radical (unpaired) electrons. The van der Waals surface area contributed by atoms with Crippen LogP contribution in [0.5, 0.6) is 0 Å². The number of benzene rings is 1. The molecule has 2 heteroatoms. The number of aryl methyl sites for hydroxylation is 2. The minimum Gasteiger partial charge on any atom is -0.314 e. The number of allylic oxidation sites excluding steroid dienone is 1. The third-order valence-corrected chi connectivity index (χ3v) is 3.87. The van der Waals surface area contributed by atoms with Crippen LogP contribution in [-0.4, -0.2) is 31.1 Å². The smallest absolute Gasteiger partial charge is 0.0352 e. The van der Waals surface area contributed by atoms with Gasteiger partial charge in [-0.25, -0.2) is 0 Å². The molecular weight excluding hydrogens is 232 g/mol. The molecule has 1 heterocycles. The second-order valence-corrected chi connectivity index (χ2v) is 5.59. The predicted octanol–water partition coefficient (Wildman–Crippen LogP) is 3.22. The quantitative estimate of drug-likeness (QED) is 0.816. The summed E-state index contributed by atoms with van der Waals surface area (Å²) >= 11 is 0. The van der Waals surface area contributed by atoms with Crippen molar-refractivity contribution in [1.82, 2.24) is 10.2 Å². The molecule has 0 aliphatic carbocycles. The van der Waals surface area contributed by atoms with E-state index in [2.05, 4.69) is 48.8 Å². The van der Waals surface area contributed by atoms with Crippen molar-refractivity contribution in [2.75, 3.05) is 26.2 Å². The predicted molar refractivity (Wildman–Crippen MR) is 82.5 cm³/mol. The minimum atomic E-state index is 0.540. The number of piperazine rings is 1. The van der Waals surface area contributed by atoms with Crippen LogP contribution >= 0.6 is 0 Å². The topological polar surface area (TPSA) is 15.3 Å². The monoisotopic (exact) mass is 258 g/mol. The second-order valence-electron chi connectivity index (χ2n) is 5.59. The molecule has 1 aromatic carbocycles. The van der Waals surface area contributed by atoms with Gasteiger partial charge in [0, 0.05) is 32.2 Å². The fraction of sp³-hybridized carbons (Fsp3) is 0.529. The van der Waals surface area contributed by atoms with Crippen LogP contribution in [0.1, 0.15) is 35.6 Å². The van der Waals surface area contributed by atoms with Gasteiger partial charge in [0.25, 0.3) is 0 Å². The maximum Gasteiger partial charge on any atom is 0.0352 e. The summed E-state index contributed by atoms with van der Waals surface area (Å²) in [6, 6.07) is 7.50. The van der Waals surface area contributed by atoms with Gasteiger partial charge < -0.3 is 5.32 Å². The first-order valence-corrected chi connectivity index (χ1v) is 7.34. The highest BCUT2D eigenvalue weighted by molar-refractivity contribution is 5.31. The Hall–Kier alpha value is -1.12. The van der Waals surface area contributed by atoms with Crippen molar-refractivity contribution in [3.63, 3.8) is 0 Å². The van der Waals surface area contributed by atoms with Crippen molar-refractivity contribution in [1.29, 1.82) is 0 Å². The molecule has 1 aliphatic heterocycles. The van der Waals surface area contributed by atoms with Crippen molar-refractivity contribution in [2.24, 2.45) is 0 Å². The van der Waals surface area contributed by atoms with Gasteiger partial charge in [-0.15, -0.1) is 6.58 Å². The third kappa shape index (κ3) is 3.92. The van der Waals surface area contributed by atoms with E-state index in [4.69, 9.17) is 0 Å². The highest BCUT2D eigenvalue weighted by atomic mass is 15.2. The first-order chi connectivity index (χ1) is 9.20. The van der Waals surface area contributed by atoms with Gasteiger partial charge in [-0.1, -0.05) is 35.4 Å². The zero-order valence-electron chi connectivity index (χ0n) is 12.3. The number of rotatable bonds is 5. The normalized spacial score (nSPS) is 18.2. The Morgan fingerprint density at radius 3 is 2.42 bits per heavy atom. The zero-order chi connectivity index (χ0) is 13.7. The lowest BCUT2D eigenvalue weighted by Gasteiger charge is -2.35. The number of hydrogen-bond donors (Lipinski definition) is 1. The average molecular weight is 258 g/mol. The van der Waals surface area contributed by atoms with Crippen molar-refractivity contribution >= 4 is 0 Å². The van der Waals surface area contributed by atoms with E-state index in [1.54, 1.807) is 0 Å². The Labute approximate surface area is 117 Å². The van der Waals surface area contributed by atoms with Gasteiger partial charge >= 0.3 is 0 Å². The van der Waals surface area contributed by atoms with Gasteiger partial charge in [0.05, 0.1) is 0 Å². The SMILES string of the molecule is C=CCC[C@H](c1cc(C)cc(C)c1)N1CCNCC1. The maximum absolute atomic E-state index is 3.88. The summed E-state index contributed by atoms with van der Waals surface area (Å²) < 4.78 is 0. The summed E-state index contributed by atoms with van der Waals surface area (Å²) in [6.45, 7) is 12.8.